The molecule has 0 atom stereocenters. The normalized spacial score (nSPS) is 17.3. The van der Waals surface area contributed by atoms with Crippen LogP contribution >= 0.6 is 0 Å². The van der Waals surface area contributed by atoms with Gasteiger partial charge in [0.15, 0.2) is 5.78 Å². The third kappa shape index (κ3) is 0.904. The van der Waals surface area contributed by atoms with E-state index in [-0.39, 0.29) is 11.2 Å². The summed E-state index contributed by atoms with van der Waals surface area (Å²) in [6, 6.07) is 12.1. The van der Waals surface area contributed by atoms with Crippen LogP contribution in [0.5, 0.6) is 0 Å². The number of benzene rings is 2. The van der Waals surface area contributed by atoms with Crippen molar-refractivity contribution in [3.05, 3.63) is 47.5 Å². The second-order valence-electron chi connectivity index (χ2n) is 4.66. The molecule has 2 aromatic rings. The van der Waals surface area contributed by atoms with E-state index >= 15 is 0 Å². The van der Waals surface area contributed by atoms with Gasteiger partial charge in [0, 0.05) is 5.56 Å². The van der Waals surface area contributed by atoms with Gasteiger partial charge in [0.25, 0.3) is 0 Å². The average Bonchev–Trinajstić information content (AvgIpc) is 2.43. The van der Waals surface area contributed by atoms with Crippen LogP contribution in [-0.2, 0) is 5.41 Å². The molecule has 1 aliphatic carbocycles. The Hall–Kier alpha value is -1.63. The third-order valence-corrected chi connectivity index (χ3v) is 3.39. The SMILES string of the molecule is CC1(C)C(=O)c2cccc3cccc1c23. The Labute approximate surface area is 88.7 Å². The topological polar surface area (TPSA) is 17.1 Å². The average molecular weight is 196 g/mol. The quantitative estimate of drug-likeness (QED) is 0.631. The van der Waals surface area contributed by atoms with Crippen molar-refractivity contribution < 1.29 is 4.79 Å². The van der Waals surface area contributed by atoms with E-state index in [1.54, 1.807) is 0 Å². The van der Waals surface area contributed by atoms with Gasteiger partial charge in [-0.05, 0) is 30.2 Å². The summed E-state index contributed by atoms with van der Waals surface area (Å²) in [6.07, 6.45) is 0. The molecule has 0 saturated carbocycles. The summed E-state index contributed by atoms with van der Waals surface area (Å²) in [4.78, 5) is 12.2. The van der Waals surface area contributed by atoms with Gasteiger partial charge in [-0.2, -0.15) is 0 Å². The summed E-state index contributed by atoms with van der Waals surface area (Å²) in [5.74, 6) is 0.245. The minimum absolute atomic E-state index is 0.245. The fourth-order valence-corrected chi connectivity index (χ4v) is 2.51. The van der Waals surface area contributed by atoms with Crippen molar-refractivity contribution in [2.45, 2.75) is 19.3 Å². The summed E-state index contributed by atoms with van der Waals surface area (Å²) >= 11 is 0. The first kappa shape index (κ1) is 8.66. The van der Waals surface area contributed by atoms with E-state index in [0.29, 0.717) is 0 Å². The van der Waals surface area contributed by atoms with E-state index in [1.165, 1.54) is 10.9 Å². The van der Waals surface area contributed by atoms with E-state index in [1.807, 2.05) is 32.0 Å². The van der Waals surface area contributed by atoms with Crippen LogP contribution in [0.2, 0.25) is 0 Å². The van der Waals surface area contributed by atoms with Crippen molar-refractivity contribution in [3.8, 4) is 0 Å². The van der Waals surface area contributed by atoms with E-state index in [4.69, 9.17) is 0 Å². The van der Waals surface area contributed by atoms with Crippen LogP contribution in [0.15, 0.2) is 36.4 Å². The van der Waals surface area contributed by atoms with E-state index in [0.717, 1.165) is 10.9 Å². The van der Waals surface area contributed by atoms with Crippen LogP contribution < -0.4 is 0 Å². The van der Waals surface area contributed by atoms with Crippen LogP contribution in [0.4, 0.5) is 0 Å². The van der Waals surface area contributed by atoms with Gasteiger partial charge in [0.1, 0.15) is 0 Å². The molecule has 0 bridgehead atoms. The van der Waals surface area contributed by atoms with Gasteiger partial charge in [-0.15, -0.1) is 0 Å². The summed E-state index contributed by atoms with van der Waals surface area (Å²) in [6.45, 7) is 4.01. The van der Waals surface area contributed by atoms with Crippen LogP contribution in [0, 0.1) is 0 Å². The van der Waals surface area contributed by atoms with E-state index in [9.17, 15) is 4.79 Å². The van der Waals surface area contributed by atoms with Crippen molar-refractivity contribution in [1.82, 2.24) is 0 Å². The molecule has 1 heteroatoms. The molecule has 0 aliphatic heterocycles. The molecule has 0 saturated heterocycles. The molecular weight excluding hydrogens is 184 g/mol. The second kappa shape index (κ2) is 2.48. The lowest BCUT2D eigenvalue weighted by atomic mass is 9.84. The lowest BCUT2D eigenvalue weighted by molar-refractivity contribution is 0.0920. The predicted molar refractivity (Wildman–Crippen MR) is 61.3 cm³/mol. The van der Waals surface area contributed by atoms with Gasteiger partial charge in [0.2, 0.25) is 0 Å². The fraction of sp³-hybridized carbons (Fsp3) is 0.214. The van der Waals surface area contributed by atoms with Gasteiger partial charge in [0.05, 0.1) is 5.41 Å². The minimum Gasteiger partial charge on any atom is -0.293 e. The number of hydrogen-bond acceptors (Lipinski definition) is 1. The molecule has 15 heavy (non-hydrogen) atoms. The summed E-state index contributed by atoms with van der Waals surface area (Å²) in [5.41, 5.74) is 1.69. The molecule has 0 unspecified atom stereocenters. The first-order valence-electron chi connectivity index (χ1n) is 5.19. The molecule has 74 valence electrons. The van der Waals surface area contributed by atoms with Gasteiger partial charge in [-0.25, -0.2) is 0 Å². The molecule has 0 amide bonds. The number of rotatable bonds is 0. The zero-order valence-electron chi connectivity index (χ0n) is 8.87. The number of Topliss-reactive ketones (excluding diaryl/α,β-unsaturated/α-hetero) is 1. The second-order valence-corrected chi connectivity index (χ2v) is 4.66. The largest absolute Gasteiger partial charge is 0.293 e. The number of carbonyl (C=O) groups excluding carboxylic acids is 1. The molecule has 2 aromatic carbocycles. The van der Waals surface area contributed by atoms with Gasteiger partial charge >= 0.3 is 0 Å². The van der Waals surface area contributed by atoms with E-state index in [2.05, 4.69) is 18.2 Å². The Balaban J connectivity index is 2.56. The van der Waals surface area contributed by atoms with Crippen molar-refractivity contribution in [1.29, 1.82) is 0 Å². The highest BCUT2D eigenvalue weighted by Crippen LogP contribution is 2.41. The summed E-state index contributed by atoms with van der Waals surface area (Å²) in [5, 5.41) is 2.32. The molecule has 1 aliphatic rings. The van der Waals surface area contributed by atoms with Crippen molar-refractivity contribution in [3.63, 3.8) is 0 Å². The first-order chi connectivity index (χ1) is 7.12. The molecule has 0 aromatic heterocycles. The van der Waals surface area contributed by atoms with Gasteiger partial charge in [-0.1, -0.05) is 36.4 Å². The van der Waals surface area contributed by atoms with Gasteiger partial charge in [-0.3, -0.25) is 4.79 Å². The highest BCUT2D eigenvalue weighted by Gasteiger charge is 2.39. The smallest absolute Gasteiger partial charge is 0.173 e. The Morgan fingerprint density at radius 2 is 1.67 bits per heavy atom. The van der Waals surface area contributed by atoms with Crippen LogP contribution in [0.1, 0.15) is 29.8 Å². The highest BCUT2D eigenvalue weighted by atomic mass is 16.1. The molecule has 0 fully saturated rings. The third-order valence-electron chi connectivity index (χ3n) is 3.39. The maximum Gasteiger partial charge on any atom is 0.173 e. The monoisotopic (exact) mass is 196 g/mol. The molecule has 0 spiro atoms. The number of carbonyl (C=O) groups is 1. The summed E-state index contributed by atoms with van der Waals surface area (Å²) in [7, 11) is 0. The predicted octanol–water partition coefficient (Wildman–Crippen LogP) is 3.31. The Bertz CT molecular complexity index is 574. The van der Waals surface area contributed by atoms with Crippen LogP contribution in [-0.4, -0.2) is 5.78 Å². The summed E-state index contributed by atoms with van der Waals surface area (Å²) < 4.78 is 0. The Morgan fingerprint density at radius 1 is 1.00 bits per heavy atom. The number of ketones is 1. The minimum atomic E-state index is -0.358. The van der Waals surface area contributed by atoms with Gasteiger partial charge < -0.3 is 0 Å². The van der Waals surface area contributed by atoms with Crippen LogP contribution in [0.25, 0.3) is 10.8 Å². The lowest BCUT2D eigenvalue weighted by Crippen LogP contribution is -2.23. The molecule has 3 rings (SSSR count). The maximum atomic E-state index is 12.2. The van der Waals surface area contributed by atoms with Crippen LogP contribution in [0.3, 0.4) is 0 Å². The van der Waals surface area contributed by atoms with Crippen molar-refractivity contribution in [2.24, 2.45) is 0 Å². The molecular formula is C14H12O. The molecule has 0 N–H and O–H groups in total. The van der Waals surface area contributed by atoms with Crippen molar-refractivity contribution >= 4 is 16.6 Å². The Morgan fingerprint density at radius 3 is 2.40 bits per heavy atom. The standard InChI is InChI=1S/C14H12O/c1-14(2)11-8-4-6-9-5-3-7-10(12(9)11)13(14)15/h3-8H,1-2H3. The zero-order valence-corrected chi connectivity index (χ0v) is 8.87. The number of hydrogen-bond donors (Lipinski definition) is 0. The molecule has 0 heterocycles. The molecule has 1 nitrogen and oxygen atoms in total. The maximum absolute atomic E-state index is 12.2. The fourth-order valence-electron chi connectivity index (χ4n) is 2.51. The zero-order chi connectivity index (χ0) is 10.6. The highest BCUT2D eigenvalue weighted by molar-refractivity contribution is 6.19. The first-order valence-corrected chi connectivity index (χ1v) is 5.19. The van der Waals surface area contributed by atoms with Crippen molar-refractivity contribution in [2.75, 3.05) is 0 Å². The Kier molecular flexibility index (Phi) is 1.43. The molecule has 0 radical (unpaired) electrons. The lowest BCUT2D eigenvalue weighted by Gasteiger charge is -2.16. The van der Waals surface area contributed by atoms with E-state index < -0.39 is 0 Å².